The summed E-state index contributed by atoms with van der Waals surface area (Å²) in [7, 11) is 0. The first kappa shape index (κ1) is 18.7. The zero-order chi connectivity index (χ0) is 19.4. The molecule has 3 aromatic carbocycles. The Morgan fingerprint density at radius 2 is 1.19 bits per heavy atom. The second-order valence-corrected chi connectivity index (χ2v) is 5.85. The van der Waals surface area contributed by atoms with Gasteiger partial charge in [-0.05, 0) is 12.1 Å². The summed E-state index contributed by atoms with van der Waals surface area (Å²) < 4.78 is 54.6. The van der Waals surface area contributed by atoms with Crippen LogP contribution in [0, 0.1) is 5.82 Å². The van der Waals surface area contributed by atoms with Crippen molar-refractivity contribution in [3.8, 4) is 0 Å². The number of benzene rings is 3. The first-order valence-corrected chi connectivity index (χ1v) is 8.14. The molecule has 2 nitrogen and oxygen atoms in total. The Balaban J connectivity index is 2.26. The molecule has 0 fully saturated rings. The van der Waals surface area contributed by atoms with E-state index < -0.39 is 30.4 Å². The monoisotopic (exact) mass is 371 g/mol. The van der Waals surface area contributed by atoms with Crippen LogP contribution in [0.3, 0.4) is 0 Å². The average Bonchev–Trinajstić information content (AvgIpc) is 2.67. The molecule has 0 unspecified atom stereocenters. The number of anilines is 1. The summed E-state index contributed by atoms with van der Waals surface area (Å²) in [5.41, 5.74) is 0.437. The SMILES string of the molecule is O=C(N(B(c1ccccc1)c1ccccc1)c1ccccc1F)C(F)(F)F. The Bertz CT molecular complexity index is 877. The molecule has 1 amide bonds. The summed E-state index contributed by atoms with van der Waals surface area (Å²) in [6.07, 6.45) is -5.16. The van der Waals surface area contributed by atoms with Crippen LogP contribution in [0.1, 0.15) is 0 Å². The van der Waals surface area contributed by atoms with E-state index in [2.05, 4.69) is 0 Å². The van der Waals surface area contributed by atoms with Crippen LogP contribution in [0.5, 0.6) is 0 Å². The molecule has 0 aromatic heterocycles. The molecule has 0 saturated carbocycles. The number of hydrogen-bond acceptors (Lipinski definition) is 1. The Kier molecular flexibility index (Phi) is 5.30. The number of alkyl halides is 3. The van der Waals surface area contributed by atoms with Gasteiger partial charge in [-0.3, -0.25) is 4.79 Å². The molecule has 0 saturated heterocycles. The van der Waals surface area contributed by atoms with E-state index in [1.54, 1.807) is 60.7 Å². The molecule has 3 rings (SSSR count). The predicted octanol–water partition coefficient (Wildman–Crippen LogP) is 3.53. The molecular formula is C20H14BF4NO. The lowest BCUT2D eigenvalue weighted by Gasteiger charge is -2.31. The van der Waals surface area contributed by atoms with Crippen molar-refractivity contribution >= 4 is 29.4 Å². The van der Waals surface area contributed by atoms with Gasteiger partial charge in [-0.25, -0.2) is 4.39 Å². The number of rotatable bonds is 4. The molecule has 0 aliphatic rings. The smallest absolute Gasteiger partial charge is 0.337 e. The Morgan fingerprint density at radius 3 is 1.63 bits per heavy atom. The van der Waals surface area contributed by atoms with Gasteiger partial charge in [-0.1, -0.05) is 83.7 Å². The molecule has 27 heavy (non-hydrogen) atoms. The van der Waals surface area contributed by atoms with Gasteiger partial charge in [0.2, 0.25) is 0 Å². The lowest BCUT2D eigenvalue weighted by atomic mass is 9.49. The van der Waals surface area contributed by atoms with Crippen molar-refractivity contribution in [2.45, 2.75) is 6.18 Å². The van der Waals surface area contributed by atoms with E-state index in [9.17, 15) is 22.4 Å². The molecule has 0 heterocycles. The molecule has 0 aliphatic heterocycles. The topological polar surface area (TPSA) is 20.3 Å². The minimum Gasteiger partial charge on any atom is -0.337 e. The third-order valence-corrected chi connectivity index (χ3v) is 4.06. The van der Waals surface area contributed by atoms with Crippen molar-refractivity contribution in [1.29, 1.82) is 0 Å². The molecular weight excluding hydrogens is 357 g/mol. The van der Waals surface area contributed by atoms with Gasteiger partial charge in [0, 0.05) is 0 Å². The average molecular weight is 371 g/mol. The van der Waals surface area contributed by atoms with Gasteiger partial charge in [0.15, 0.2) is 0 Å². The highest BCUT2D eigenvalue weighted by Gasteiger charge is 2.47. The first-order chi connectivity index (χ1) is 12.9. The van der Waals surface area contributed by atoms with E-state index in [0.717, 1.165) is 12.1 Å². The number of carbonyl (C=O) groups excluding carboxylic acids is 1. The molecule has 0 aliphatic carbocycles. The molecule has 7 heteroatoms. The molecule has 0 atom stereocenters. The van der Waals surface area contributed by atoms with Crippen LogP contribution in [0.2, 0.25) is 0 Å². The van der Waals surface area contributed by atoms with Gasteiger partial charge in [-0.15, -0.1) is 0 Å². The molecule has 0 spiro atoms. The van der Waals surface area contributed by atoms with Gasteiger partial charge < -0.3 is 4.81 Å². The lowest BCUT2D eigenvalue weighted by Crippen LogP contribution is -2.62. The predicted molar refractivity (Wildman–Crippen MR) is 97.8 cm³/mol. The van der Waals surface area contributed by atoms with Gasteiger partial charge in [0.05, 0.1) is 5.69 Å². The van der Waals surface area contributed by atoms with Crippen LogP contribution in [-0.2, 0) is 4.79 Å². The van der Waals surface area contributed by atoms with Gasteiger partial charge >= 0.3 is 18.9 Å². The van der Waals surface area contributed by atoms with Gasteiger partial charge in [-0.2, -0.15) is 13.2 Å². The third kappa shape index (κ3) is 4.02. The summed E-state index contributed by atoms with van der Waals surface area (Å²) in [4.78, 5) is 12.8. The minimum atomic E-state index is -5.16. The normalized spacial score (nSPS) is 11.1. The second-order valence-electron chi connectivity index (χ2n) is 5.85. The lowest BCUT2D eigenvalue weighted by molar-refractivity contribution is -0.169. The fourth-order valence-corrected chi connectivity index (χ4v) is 2.91. The first-order valence-electron chi connectivity index (χ1n) is 8.14. The van der Waals surface area contributed by atoms with E-state index >= 15 is 0 Å². The van der Waals surface area contributed by atoms with Crippen molar-refractivity contribution in [1.82, 2.24) is 0 Å². The maximum atomic E-state index is 14.4. The van der Waals surface area contributed by atoms with Crippen LogP contribution in [0.4, 0.5) is 23.2 Å². The van der Waals surface area contributed by atoms with Crippen LogP contribution in [0.25, 0.3) is 0 Å². The number of nitrogens with zero attached hydrogens (tertiary/aromatic N) is 1. The fourth-order valence-electron chi connectivity index (χ4n) is 2.91. The fraction of sp³-hybridized carbons (Fsp3) is 0.0500. The van der Waals surface area contributed by atoms with E-state index in [4.69, 9.17) is 0 Å². The quantitative estimate of drug-likeness (QED) is 0.508. The van der Waals surface area contributed by atoms with Crippen molar-refractivity contribution in [2.24, 2.45) is 0 Å². The van der Waals surface area contributed by atoms with Crippen molar-refractivity contribution < 1.29 is 22.4 Å². The molecule has 0 N–H and O–H groups in total. The van der Waals surface area contributed by atoms with Crippen LogP contribution in [-0.4, -0.2) is 18.9 Å². The van der Waals surface area contributed by atoms with E-state index in [-0.39, 0.29) is 0 Å². The van der Waals surface area contributed by atoms with E-state index in [1.807, 2.05) is 0 Å². The number of hydrogen-bond donors (Lipinski definition) is 0. The highest BCUT2D eigenvalue weighted by molar-refractivity contribution is 6.90. The van der Waals surface area contributed by atoms with Gasteiger partial charge in [0.1, 0.15) is 5.82 Å². The summed E-state index contributed by atoms with van der Waals surface area (Å²) in [5, 5.41) is 0. The summed E-state index contributed by atoms with van der Waals surface area (Å²) in [6, 6.07) is 21.4. The minimum absolute atomic E-state index is 0.433. The zero-order valence-corrected chi connectivity index (χ0v) is 14.0. The number of halogens is 4. The largest absolute Gasteiger partial charge is 0.470 e. The number of para-hydroxylation sites is 1. The Labute approximate surface area is 154 Å². The number of carbonyl (C=O) groups is 1. The summed E-state index contributed by atoms with van der Waals surface area (Å²) in [5.74, 6) is -3.04. The number of amides is 1. The van der Waals surface area contributed by atoms with Crippen LogP contribution < -0.4 is 15.7 Å². The van der Waals surface area contributed by atoms with Crippen LogP contribution in [0.15, 0.2) is 84.9 Å². The van der Waals surface area contributed by atoms with Crippen molar-refractivity contribution in [3.05, 3.63) is 90.7 Å². The maximum Gasteiger partial charge on any atom is 0.470 e. The summed E-state index contributed by atoms with van der Waals surface area (Å²) in [6.45, 7) is -1.14. The standard InChI is InChI=1S/C20H14BF4NO/c22-17-13-7-8-14-18(17)26(19(27)20(23,24)25)21(15-9-3-1-4-10-15)16-11-5-2-6-12-16/h1-14H. The molecule has 0 bridgehead atoms. The van der Waals surface area contributed by atoms with Crippen molar-refractivity contribution in [2.75, 3.05) is 4.81 Å². The van der Waals surface area contributed by atoms with E-state index in [0.29, 0.717) is 15.7 Å². The second kappa shape index (κ2) is 7.66. The van der Waals surface area contributed by atoms with Gasteiger partial charge in [0.25, 0.3) is 0 Å². The highest BCUT2D eigenvalue weighted by Crippen LogP contribution is 2.27. The molecule has 0 radical (unpaired) electrons. The maximum absolute atomic E-state index is 14.4. The Morgan fingerprint density at radius 1 is 0.741 bits per heavy atom. The van der Waals surface area contributed by atoms with Crippen molar-refractivity contribution in [3.63, 3.8) is 0 Å². The van der Waals surface area contributed by atoms with E-state index in [1.165, 1.54) is 12.1 Å². The third-order valence-electron chi connectivity index (χ3n) is 4.06. The van der Waals surface area contributed by atoms with Crippen LogP contribution >= 0.6 is 0 Å². The zero-order valence-electron chi connectivity index (χ0n) is 14.0. The molecule has 3 aromatic rings. The summed E-state index contributed by atoms with van der Waals surface area (Å²) >= 11 is 0. The Hall–Kier alpha value is -3.09. The highest BCUT2D eigenvalue weighted by atomic mass is 19.4. The molecule has 136 valence electrons.